The highest BCUT2D eigenvalue weighted by Crippen LogP contribution is 2.26. The van der Waals surface area contributed by atoms with Crippen molar-refractivity contribution in [2.75, 3.05) is 13.1 Å². The Labute approximate surface area is 141 Å². The van der Waals surface area contributed by atoms with Crippen molar-refractivity contribution in [1.29, 1.82) is 0 Å². The first-order chi connectivity index (χ1) is 11.4. The Balaban J connectivity index is 1.81. The van der Waals surface area contributed by atoms with Gasteiger partial charge in [-0.1, -0.05) is 0 Å². The predicted molar refractivity (Wildman–Crippen MR) is 87.1 cm³/mol. The van der Waals surface area contributed by atoms with Crippen molar-refractivity contribution >= 4 is 10.0 Å². The second kappa shape index (κ2) is 6.48. The molecule has 2 aromatic heterocycles. The lowest BCUT2D eigenvalue weighted by Crippen LogP contribution is -2.44. The Bertz CT molecular complexity index is 819. The standard InChI is InChI=1S/C15H21N5O3S/c1-11-15(12(2)19(3)18-11)24(21,22)20-8-4-5-13(9-20)23-14-6-7-16-10-17-14/h6-7,10,13H,4-5,8-9H2,1-3H3. The first-order valence-corrected chi connectivity index (χ1v) is 9.26. The van der Waals surface area contributed by atoms with Gasteiger partial charge in [0.25, 0.3) is 0 Å². The van der Waals surface area contributed by atoms with Crippen LogP contribution in [0.3, 0.4) is 0 Å². The van der Waals surface area contributed by atoms with Gasteiger partial charge in [-0.05, 0) is 26.7 Å². The maximum Gasteiger partial charge on any atom is 0.246 e. The van der Waals surface area contributed by atoms with Crippen LogP contribution in [0.15, 0.2) is 23.5 Å². The summed E-state index contributed by atoms with van der Waals surface area (Å²) in [6.07, 6.45) is 4.33. The lowest BCUT2D eigenvalue weighted by molar-refractivity contribution is 0.124. The van der Waals surface area contributed by atoms with Gasteiger partial charge in [0, 0.05) is 25.9 Å². The van der Waals surface area contributed by atoms with Crippen LogP contribution in [0.4, 0.5) is 0 Å². The zero-order valence-corrected chi connectivity index (χ0v) is 14.8. The van der Waals surface area contributed by atoms with Crippen molar-refractivity contribution in [3.63, 3.8) is 0 Å². The van der Waals surface area contributed by atoms with Crippen LogP contribution in [0.25, 0.3) is 0 Å². The van der Waals surface area contributed by atoms with E-state index in [-0.39, 0.29) is 6.10 Å². The van der Waals surface area contributed by atoms with Crippen molar-refractivity contribution < 1.29 is 13.2 Å². The van der Waals surface area contributed by atoms with Crippen LogP contribution in [0.2, 0.25) is 0 Å². The molecular weight excluding hydrogens is 330 g/mol. The number of hydrogen-bond donors (Lipinski definition) is 0. The van der Waals surface area contributed by atoms with Gasteiger partial charge in [-0.15, -0.1) is 0 Å². The van der Waals surface area contributed by atoms with Gasteiger partial charge in [-0.2, -0.15) is 9.40 Å². The third-order valence-corrected chi connectivity index (χ3v) is 6.34. The molecule has 1 aliphatic heterocycles. The summed E-state index contributed by atoms with van der Waals surface area (Å²) in [5.74, 6) is 0.461. The van der Waals surface area contributed by atoms with E-state index < -0.39 is 10.0 Å². The molecule has 1 fully saturated rings. The molecule has 0 radical (unpaired) electrons. The molecule has 0 aliphatic carbocycles. The zero-order valence-electron chi connectivity index (χ0n) is 14.0. The van der Waals surface area contributed by atoms with Gasteiger partial charge in [0.1, 0.15) is 17.3 Å². The molecule has 0 amide bonds. The Kier molecular flexibility index (Phi) is 4.55. The molecule has 0 saturated carbocycles. The first kappa shape index (κ1) is 16.8. The molecule has 2 aromatic rings. The zero-order chi connectivity index (χ0) is 17.3. The molecule has 130 valence electrons. The van der Waals surface area contributed by atoms with E-state index in [9.17, 15) is 8.42 Å². The van der Waals surface area contributed by atoms with Crippen molar-refractivity contribution in [2.24, 2.45) is 7.05 Å². The van der Waals surface area contributed by atoms with Crippen LogP contribution in [-0.4, -0.2) is 51.7 Å². The summed E-state index contributed by atoms with van der Waals surface area (Å²) in [5.41, 5.74) is 1.17. The SMILES string of the molecule is Cc1nn(C)c(C)c1S(=O)(=O)N1CCCC(Oc2ccncn2)C1. The molecule has 1 saturated heterocycles. The summed E-state index contributed by atoms with van der Waals surface area (Å²) in [7, 11) is -1.84. The Hall–Kier alpha value is -2.00. The Morgan fingerprint density at radius 1 is 1.33 bits per heavy atom. The van der Waals surface area contributed by atoms with E-state index in [1.54, 1.807) is 37.8 Å². The van der Waals surface area contributed by atoms with Gasteiger partial charge in [0.2, 0.25) is 15.9 Å². The molecule has 0 bridgehead atoms. The highest BCUT2D eigenvalue weighted by Gasteiger charge is 2.34. The maximum absolute atomic E-state index is 13.0. The number of hydrogen-bond acceptors (Lipinski definition) is 6. The number of aryl methyl sites for hydroxylation is 2. The number of sulfonamides is 1. The van der Waals surface area contributed by atoms with Gasteiger partial charge in [-0.3, -0.25) is 4.68 Å². The third kappa shape index (κ3) is 3.13. The van der Waals surface area contributed by atoms with Crippen LogP contribution in [0.1, 0.15) is 24.2 Å². The Morgan fingerprint density at radius 3 is 2.75 bits per heavy atom. The van der Waals surface area contributed by atoms with Crippen LogP contribution < -0.4 is 4.74 Å². The summed E-state index contributed by atoms with van der Waals surface area (Å²) in [6, 6.07) is 1.67. The van der Waals surface area contributed by atoms with Crippen molar-refractivity contribution in [2.45, 2.75) is 37.7 Å². The van der Waals surface area contributed by atoms with E-state index in [1.165, 1.54) is 10.6 Å². The number of nitrogens with zero attached hydrogens (tertiary/aromatic N) is 5. The lowest BCUT2D eigenvalue weighted by atomic mass is 10.1. The molecular formula is C15H21N5O3S. The van der Waals surface area contributed by atoms with Crippen LogP contribution in [0, 0.1) is 13.8 Å². The van der Waals surface area contributed by atoms with E-state index in [0.717, 1.165) is 12.8 Å². The second-order valence-electron chi connectivity index (χ2n) is 5.92. The monoisotopic (exact) mass is 351 g/mol. The van der Waals surface area contributed by atoms with Crippen molar-refractivity contribution in [1.82, 2.24) is 24.1 Å². The highest BCUT2D eigenvalue weighted by atomic mass is 32.2. The van der Waals surface area contributed by atoms with Gasteiger partial charge in [0.15, 0.2) is 0 Å². The summed E-state index contributed by atoms with van der Waals surface area (Å²) >= 11 is 0. The molecule has 8 nitrogen and oxygen atoms in total. The number of piperidine rings is 1. The van der Waals surface area contributed by atoms with Gasteiger partial charge in [0.05, 0.1) is 17.9 Å². The second-order valence-corrected chi connectivity index (χ2v) is 7.79. The smallest absolute Gasteiger partial charge is 0.246 e. The highest BCUT2D eigenvalue weighted by molar-refractivity contribution is 7.89. The Morgan fingerprint density at radius 2 is 2.12 bits per heavy atom. The number of rotatable bonds is 4. The largest absolute Gasteiger partial charge is 0.473 e. The van der Waals surface area contributed by atoms with E-state index in [4.69, 9.17) is 4.74 Å². The molecule has 1 atom stereocenters. The average molecular weight is 351 g/mol. The minimum Gasteiger partial charge on any atom is -0.473 e. The van der Waals surface area contributed by atoms with Crippen molar-refractivity contribution in [3.8, 4) is 5.88 Å². The number of aromatic nitrogens is 4. The summed E-state index contributed by atoms with van der Waals surface area (Å²) in [5, 5.41) is 4.22. The maximum atomic E-state index is 13.0. The van der Waals surface area contributed by atoms with Crippen LogP contribution in [0.5, 0.6) is 5.88 Å². The van der Waals surface area contributed by atoms with Crippen molar-refractivity contribution in [3.05, 3.63) is 30.0 Å². The molecule has 0 spiro atoms. The topological polar surface area (TPSA) is 90.2 Å². The predicted octanol–water partition coefficient (Wildman–Crippen LogP) is 1.06. The van der Waals surface area contributed by atoms with E-state index in [2.05, 4.69) is 15.1 Å². The average Bonchev–Trinajstić information content (AvgIpc) is 2.81. The summed E-state index contributed by atoms with van der Waals surface area (Å²) < 4.78 is 35.0. The van der Waals surface area contributed by atoms with E-state index in [0.29, 0.717) is 35.3 Å². The lowest BCUT2D eigenvalue weighted by Gasteiger charge is -2.31. The fraction of sp³-hybridized carbons (Fsp3) is 0.533. The van der Waals surface area contributed by atoms with E-state index >= 15 is 0 Å². The van der Waals surface area contributed by atoms with Gasteiger partial charge >= 0.3 is 0 Å². The van der Waals surface area contributed by atoms with Crippen LogP contribution in [-0.2, 0) is 17.1 Å². The van der Waals surface area contributed by atoms with Crippen LogP contribution >= 0.6 is 0 Å². The minimum absolute atomic E-state index is 0.222. The fourth-order valence-corrected chi connectivity index (χ4v) is 4.90. The fourth-order valence-electron chi connectivity index (χ4n) is 3.00. The molecule has 24 heavy (non-hydrogen) atoms. The van der Waals surface area contributed by atoms with Gasteiger partial charge < -0.3 is 4.74 Å². The number of ether oxygens (including phenoxy) is 1. The quantitative estimate of drug-likeness (QED) is 0.818. The molecule has 0 N–H and O–H groups in total. The van der Waals surface area contributed by atoms with E-state index in [1.807, 2.05) is 0 Å². The molecule has 0 aromatic carbocycles. The third-order valence-electron chi connectivity index (χ3n) is 4.22. The molecule has 9 heteroatoms. The molecule has 3 rings (SSSR count). The summed E-state index contributed by atoms with van der Waals surface area (Å²) in [4.78, 5) is 8.18. The normalized spacial score (nSPS) is 19.4. The first-order valence-electron chi connectivity index (χ1n) is 7.82. The minimum atomic E-state index is -3.59. The molecule has 1 unspecified atom stereocenters. The molecule has 1 aliphatic rings. The van der Waals surface area contributed by atoms with Gasteiger partial charge in [-0.25, -0.2) is 18.4 Å². The summed E-state index contributed by atoms with van der Waals surface area (Å²) in [6.45, 7) is 4.28. The molecule has 3 heterocycles.